The number of rotatable bonds is 7. The molecular weight excluding hydrogens is 272 g/mol. The van der Waals surface area contributed by atoms with Crippen molar-refractivity contribution in [3.8, 4) is 0 Å². The van der Waals surface area contributed by atoms with Crippen LogP contribution in [-0.2, 0) is 11.3 Å². The zero-order chi connectivity index (χ0) is 14.4. The molecule has 2 amide bonds. The number of hydrogen-bond acceptors (Lipinski definition) is 3. The molecule has 0 spiro atoms. The lowest BCUT2D eigenvalue weighted by molar-refractivity contribution is -0.121. The number of carbonyl (C=O) groups is 2. The highest BCUT2D eigenvalue weighted by Crippen LogP contribution is 2.21. The van der Waals surface area contributed by atoms with Crippen molar-refractivity contribution in [3.05, 3.63) is 35.4 Å². The standard InChI is InChI=1S/C15H20N2O2S/c1-2-20-9-5-8-16-14(18)11-17-10-12-6-3-4-7-13(12)15(17)19/h3-4,6-7H,2,5,8-11H2,1H3,(H,16,18). The summed E-state index contributed by atoms with van der Waals surface area (Å²) in [5.41, 5.74) is 1.73. The Morgan fingerprint density at radius 1 is 1.40 bits per heavy atom. The van der Waals surface area contributed by atoms with E-state index in [2.05, 4.69) is 12.2 Å². The Kier molecular flexibility index (Phi) is 5.47. The van der Waals surface area contributed by atoms with Gasteiger partial charge in [0.2, 0.25) is 5.91 Å². The highest BCUT2D eigenvalue weighted by Gasteiger charge is 2.27. The molecular formula is C15H20N2O2S. The molecule has 1 aromatic rings. The molecule has 1 N–H and O–H groups in total. The van der Waals surface area contributed by atoms with E-state index in [0.29, 0.717) is 13.1 Å². The van der Waals surface area contributed by atoms with Crippen molar-refractivity contribution in [1.29, 1.82) is 0 Å². The predicted octanol–water partition coefficient (Wildman–Crippen LogP) is 1.90. The Balaban J connectivity index is 1.75. The number of nitrogens with one attached hydrogen (secondary N) is 1. The van der Waals surface area contributed by atoms with Crippen LogP contribution in [0.15, 0.2) is 24.3 Å². The maximum Gasteiger partial charge on any atom is 0.254 e. The lowest BCUT2D eigenvalue weighted by atomic mass is 10.1. The quantitative estimate of drug-likeness (QED) is 0.781. The first-order valence-corrected chi connectivity index (χ1v) is 8.09. The van der Waals surface area contributed by atoms with Crippen LogP contribution in [0, 0.1) is 0 Å². The van der Waals surface area contributed by atoms with Crippen molar-refractivity contribution in [3.63, 3.8) is 0 Å². The van der Waals surface area contributed by atoms with Crippen molar-refractivity contribution in [2.75, 3.05) is 24.6 Å². The van der Waals surface area contributed by atoms with Gasteiger partial charge in [-0.05, 0) is 29.6 Å². The SMILES string of the molecule is CCSCCCNC(=O)CN1Cc2ccccc2C1=O. The zero-order valence-corrected chi connectivity index (χ0v) is 12.5. The first-order valence-electron chi connectivity index (χ1n) is 6.94. The van der Waals surface area contributed by atoms with Gasteiger partial charge in [0.1, 0.15) is 6.54 Å². The highest BCUT2D eigenvalue weighted by atomic mass is 32.2. The second-order valence-corrected chi connectivity index (χ2v) is 6.11. The topological polar surface area (TPSA) is 49.4 Å². The summed E-state index contributed by atoms with van der Waals surface area (Å²) >= 11 is 1.87. The van der Waals surface area contributed by atoms with Gasteiger partial charge < -0.3 is 10.2 Å². The van der Waals surface area contributed by atoms with Crippen molar-refractivity contribution in [2.45, 2.75) is 19.9 Å². The van der Waals surface area contributed by atoms with Gasteiger partial charge in [0, 0.05) is 18.7 Å². The van der Waals surface area contributed by atoms with Crippen LogP contribution in [0.25, 0.3) is 0 Å². The molecule has 0 saturated heterocycles. The molecule has 4 nitrogen and oxygen atoms in total. The highest BCUT2D eigenvalue weighted by molar-refractivity contribution is 7.99. The third-order valence-corrected chi connectivity index (χ3v) is 4.21. The fourth-order valence-corrected chi connectivity index (χ4v) is 2.86. The third kappa shape index (κ3) is 3.76. The monoisotopic (exact) mass is 292 g/mol. The summed E-state index contributed by atoms with van der Waals surface area (Å²) in [4.78, 5) is 25.5. The summed E-state index contributed by atoms with van der Waals surface area (Å²) in [6, 6.07) is 7.53. The first kappa shape index (κ1) is 14.9. The van der Waals surface area contributed by atoms with Gasteiger partial charge >= 0.3 is 0 Å². The molecule has 0 atom stereocenters. The molecule has 20 heavy (non-hydrogen) atoms. The Morgan fingerprint density at radius 2 is 2.20 bits per heavy atom. The molecule has 1 aromatic carbocycles. The van der Waals surface area contributed by atoms with Gasteiger partial charge in [-0.15, -0.1) is 0 Å². The number of thioether (sulfide) groups is 1. The number of benzene rings is 1. The second-order valence-electron chi connectivity index (χ2n) is 4.72. The van der Waals surface area contributed by atoms with Gasteiger partial charge in [-0.3, -0.25) is 9.59 Å². The molecule has 0 aromatic heterocycles. The van der Waals surface area contributed by atoms with Crippen LogP contribution < -0.4 is 5.32 Å². The average molecular weight is 292 g/mol. The third-order valence-electron chi connectivity index (χ3n) is 3.22. The smallest absolute Gasteiger partial charge is 0.254 e. The van der Waals surface area contributed by atoms with E-state index in [1.54, 1.807) is 4.90 Å². The summed E-state index contributed by atoms with van der Waals surface area (Å²) in [7, 11) is 0. The maximum absolute atomic E-state index is 12.1. The molecule has 0 radical (unpaired) electrons. The van der Waals surface area contributed by atoms with Crippen LogP contribution in [0.3, 0.4) is 0 Å². The van der Waals surface area contributed by atoms with E-state index in [1.165, 1.54) is 0 Å². The number of hydrogen-bond donors (Lipinski definition) is 1. The van der Waals surface area contributed by atoms with Crippen molar-refractivity contribution in [2.24, 2.45) is 0 Å². The number of nitrogens with zero attached hydrogens (tertiary/aromatic N) is 1. The Hall–Kier alpha value is -1.49. The molecule has 108 valence electrons. The molecule has 2 rings (SSSR count). The van der Waals surface area contributed by atoms with Gasteiger partial charge in [-0.25, -0.2) is 0 Å². The fraction of sp³-hybridized carbons (Fsp3) is 0.467. The first-order chi connectivity index (χ1) is 9.72. The van der Waals surface area contributed by atoms with E-state index >= 15 is 0 Å². The molecule has 0 fully saturated rings. The summed E-state index contributed by atoms with van der Waals surface area (Å²) in [5, 5.41) is 2.87. The second kappa shape index (κ2) is 7.33. The van der Waals surface area contributed by atoms with E-state index in [1.807, 2.05) is 36.0 Å². The molecule has 0 aliphatic carbocycles. The van der Waals surface area contributed by atoms with Crippen LogP contribution in [0.2, 0.25) is 0 Å². The maximum atomic E-state index is 12.1. The van der Waals surface area contributed by atoms with Crippen LogP contribution in [0.4, 0.5) is 0 Å². The molecule has 0 unspecified atom stereocenters. The Bertz CT molecular complexity index is 491. The van der Waals surface area contributed by atoms with E-state index in [4.69, 9.17) is 0 Å². The van der Waals surface area contributed by atoms with E-state index in [9.17, 15) is 9.59 Å². The zero-order valence-electron chi connectivity index (χ0n) is 11.7. The number of fused-ring (bicyclic) bond motifs is 1. The fourth-order valence-electron chi connectivity index (χ4n) is 2.22. The van der Waals surface area contributed by atoms with Crippen LogP contribution >= 0.6 is 11.8 Å². The number of carbonyl (C=O) groups excluding carboxylic acids is 2. The summed E-state index contributed by atoms with van der Waals surface area (Å²) in [5.74, 6) is 2.05. The van der Waals surface area contributed by atoms with E-state index in [0.717, 1.165) is 29.1 Å². The van der Waals surface area contributed by atoms with Crippen molar-refractivity contribution >= 4 is 23.6 Å². The van der Waals surface area contributed by atoms with Gasteiger partial charge in [-0.1, -0.05) is 25.1 Å². The minimum absolute atomic E-state index is 0.0442. The van der Waals surface area contributed by atoms with Crippen molar-refractivity contribution in [1.82, 2.24) is 10.2 Å². The summed E-state index contributed by atoms with van der Waals surface area (Å²) in [6.45, 7) is 3.49. The molecule has 0 saturated carbocycles. The van der Waals surface area contributed by atoms with Crippen LogP contribution in [-0.4, -0.2) is 41.3 Å². The van der Waals surface area contributed by atoms with Gasteiger partial charge in [0.25, 0.3) is 5.91 Å². The van der Waals surface area contributed by atoms with Crippen LogP contribution in [0.1, 0.15) is 29.3 Å². The Morgan fingerprint density at radius 3 is 2.95 bits per heavy atom. The summed E-state index contributed by atoms with van der Waals surface area (Å²) in [6.07, 6.45) is 0.971. The normalized spacial score (nSPS) is 13.4. The van der Waals surface area contributed by atoms with Gasteiger partial charge in [0.15, 0.2) is 0 Å². The average Bonchev–Trinajstić information content (AvgIpc) is 2.76. The minimum atomic E-state index is -0.0762. The lowest BCUT2D eigenvalue weighted by Crippen LogP contribution is -2.37. The van der Waals surface area contributed by atoms with Gasteiger partial charge in [-0.2, -0.15) is 11.8 Å². The molecule has 1 aliphatic heterocycles. The van der Waals surface area contributed by atoms with Crippen LogP contribution in [0.5, 0.6) is 0 Å². The largest absolute Gasteiger partial charge is 0.355 e. The lowest BCUT2D eigenvalue weighted by Gasteiger charge is -2.15. The molecule has 5 heteroatoms. The van der Waals surface area contributed by atoms with E-state index in [-0.39, 0.29) is 18.4 Å². The number of amides is 2. The van der Waals surface area contributed by atoms with Crippen molar-refractivity contribution < 1.29 is 9.59 Å². The molecule has 1 aliphatic rings. The van der Waals surface area contributed by atoms with Gasteiger partial charge in [0.05, 0.1) is 0 Å². The predicted molar refractivity (Wildman–Crippen MR) is 81.8 cm³/mol. The van der Waals surface area contributed by atoms with E-state index < -0.39 is 0 Å². The molecule has 1 heterocycles. The summed E-state index contributed by atoms with van der Waals surface area (Å²) < 4.78 is 0. The molecule has 0 bridgehead atoms. The minimum Gasteiger partial charge on any atom is -0.355 e. The Labute approximate surface area is 123 Å².